The lowest BCUT2D eigenvalue weighted by molar-refractivity contribution is -0.119. The molecule has 6 rings (SSSR count). The fourth-order valence-corrected chi connectivity index (χ4v) is 6.37. The van der Waals surface area contributed by atoms with Gasteiger partial charge in [-0.05, 0) is 24.6 Å². The summed E-state index contributed by atoms with van der Waals surface area (Å²) in [7, 11) is 2.94. The number of carbonyl (C=O) groups excluding carboxylic acids is 2. The highest BCUT2D eigenvalue weighted by atomic mass is 35.5. The molecule has 240 valence electrons. The van der Waals surface area contributed by atoms with Crippen LogP contribution < -0.4 is 15.6 Å². The van der Waals surface area contributed by atoms with E-state index in [0.29, 0.717) is 68.2 Å². The number of pyridine rings is 1. The summed E-state index contributed by atoms with van der Waals surface area (Å²) in [6, 6.07) is 15.8. The number of ether oxygens (including phenoxy) is 1. The van der Waals surface area contributed by atoms with Crippen LogP contribution in [0.4, 0.5) is 4.79 Å². The summed E-state index contributed by atoms with van der Waals surface area (Å²) < 4.78 is 8.10. The smallest absolute Gasteiger partial charge is 0.407 e. The molecule has 1 unspecified atom stereocenters. The van der Waals surface area contributed by atoms with E-state index in [1.54, 1.807) is 24.4 Å². The maximum Gasteiger partial charge on any atom is 0.407 e. The molecule has 3 aromatic heterocycles. The number of rotatable bonds is 9. The lowest BCUT2D eigenvalue weighted by atomic mass is 9.97. The van der Waals surface area contributed by atoms with Crippen LogP contribution in [-0.2, 0) is 18.4 Å². The molecule has 14 heteroatoms. The van der Waals surface area contributed by atoms with Crippen LogP contribution in [-0.4, -0.2) is 67.2 Å². The zero-order valence-corrected chi connectivity index (χ0v) is 26.7. The third-order valence-corrected chi connectivity index (χ3v) is 8.96. The fraction of sp³-hybridized carbons (Fsp3) is 0.212. The molecular formula is C33H28Cl2N6O6. The number of hydrogen-bond acceptors (Lipinski definition) is 7. The molecular weight excluding hydrogens is 647 g/mol. The second-order valence-electron chi connectivity index (χ2n) is 11.1. The fourth-order valence-electron chi connectivity index (χ4n) is 5.71. The molecule has 1 saturated heterocycles. The van der Waals surface area contributed by atoms with Gasteiger partial charge in [-0.3, -0.25) is 19.0 Å². The Balaban J connectivity index is 1.33. The summed E-state index contributed by atoms with van der Waals surface area (Å²) in [4.78, 5) is 53.7. The van der Waals surface area contributed by atoms with E-state index in [9.17, 15) is 24.3 Å². The molecule has 1 fully saturated rings. The zero-order chi connectivity index (χ0) is 33.4. The van der Waals surface area contributed by atoms with Crippen LogP contribution >= 0.6 is 23.2 Å². The van der Waals surface area contributed by atoms with Gasteiger partial charge in [0.1, 0.15) is 5.52 Å². The Morgan fingerprint density at radius 2 is 1.77 bits per heavy atom. The van der Waals surface area contributed by atoms with Crippen LogP contribution in [0, 0.1) is 0 Å². The van der Waals surface area contributed by atoms with E-state index in [4.69, 9.17) is 27.9 Å². The standard InChI is InChI=1S/C33H28Cl2N6O6/c1-39-27(17-42)38-41-15-19(13-26(41)32(39)44)21-5-3-6-22(29(21)34)23-7-4-8-24(30(23)35)25-11-9-18(31(37-25)47-2)14-40(33(45)46)16-20-10-12-28(43)36-20/h3-9,11,13,15,17,20H,10,12,14,16H2,1-2H3,(H,36,43)(H,45,46). The number of nitrogens with zero attached hydrogens (tertiary/aromatic N) is 5. The van der Waals surface area contributed by atoms with Gasteiger partial charge >= 0.3 is 6.09 Å². The van der Waals surface area contributed by atoms with E-state index in [1.807, 2.05) is 36.4 Å². The Labute approximate surface area is 278 Å². The van der Waals surface area contributed by atoms with Crippen LogP contribution in [0.3, 0.4) is 0 Å². The van der Waals surface area contributed by atoms with Crippen LogP contribution in [0.2, 0.25) is 10.0 Å². The molecule has 0 radical (unpaired) electrons. The Kier molecular flexibility index (Phi) is 8.71. The number of aromatic nitrogens is 4. The Bertz CT molecular complexity index is 2130. The Hall–Kier alpha value is -5.20. The highest BCUT2D eigenvalue weighted by Crippen LogP contribution is 2.42. The first-order valence-electron chi connectivity index (χ1n) is 14.5. The molecule has 0 bridgehead atoms. The topological polar surface area (TPSA) is 148 Å². The summed E-state index contributed by atoms with van der Waals surface area (Å²) in [5.74, 6) is 0.141. The largest absolute Gasteiger partial charge is 0.481 e. The maximum absolute atomic E-state index is 12.8. The third kappa shape index (κ3) is 6.05. The van der Waals surface area contributed by atoms with Crippen molar-refractivity contribution in [3.63, 3.8) is 0 Å². The van der Waals surface area contributed by atoms with Gasteiger partial charge < -0.3 is 20.1 Å². The molecule has 47 heavy (non-hydrogen) atoms. The van der Waals surface area contributed by atoms with Gasteiger partial charge in [-0.1, -0.05) is 59.6 Å². The molecule has 1 aliphatic rings. The average molecular weight is 676 g/mol. The summed E-state index contributed by atoms with van der Waals surface area (Å²) in [5.41, 5.74) is 4.11. The maximum atomic E-state index is 12.8. The number of carboxylic acid groups (broad SMARTS) is 1. The number of nitrogens with one attached hydrogen (secondary N) is 1. The number of methoxy groups -OCH3 is 1. The van der Waals surface area contributed by atoms with Crippen LogP contribution in [0.15, 0.2) is 65.6 Å². The van der Waals surface area contributed by atoms with E-state index >= 15 is 0 Å². The molecule has 0 aliphatic carbocycles. The first-order chi connectivity index (χ1) is 22.6. The molecule has 1 aliphatic heterocycles. The minimum absolute atomic E-state index is 0.00959. The molecule has 12 nitrogen and oxygen atoms in total. The number of carbonyl (C=O) groups is 3. The summed E-state index contributed by atoms with van der Waals surface area (Å²) >= 11 is 14.0. The summed E-state index contributed by atoms with van der Waals surface area (Å²) in [6.07, 6.45) is 1.98. The predicted molar refractivity (Wildman–Crippen MR) is 176 cm³/mol. The highest BCUT2D eigenvalue weighted by molar-refractivity contribution is 6.39. The first kappa shape index (κ1) is 31.8. The van der Waals surface area contributed by atoms with Gasteiger partial charge in [0.05, 0.1) is 29.4 Å². The number of benzene rings is 2. The lowest BCUT2D eigenvalue weighted by Gasteiger charge is -2.23. The van der Waals surface area contributed by atoms with Crippen molar-refractivity contribution < 1.29 is 24.2 Å². The molecule has 1 atom stereocenters. The van der Waals surface area contributed by atoms with Crippen molar-refractivity contribution in [2.45, 2.75) is 25.4 Å². The van der Waals surface area contributed by atoms with Gasteiger partial charge in [0.25, 0.3) is 5.56 Å². The quantitative estimate of drug-likeness (QED) is 0.200. The molecule has 2 N–H and O–H groups in total. The van der Waals surface area contributed by atoms with Crippen LogP contribution in [0.25, 0.3) is 39.0 Å². The molecule has 5 aromatic rings. The van der Waals surface area contributed by atoms with Crippen molar-refractivity contribution in [1.29, 1.82) is 0 Å². The normalized spacial score (nSPS) is 14.3. The van der Waals surface area contributed by atoms with Crippen molar-refractivity contribution in [2.75, 3.05) is 13.7 Å². The number of amides is 2. The number of aldehydes is 1. The average Bonchev–Trinajstić information content (AvgIpc) is 3.68. The summed E-state index contributed by atoms with van der Waals surface area (Å²) in [6.45, 7) is 0.160. The number of hydrogen-bond donors (Lipinski definition) is 2. The number of halogens is 2. The third-order valence-electron chi connectivity index (χ3n) is 8.15. The van der Waals surface area contributed by atoms with Crippen LogP contribution in [0.1, 0.15) is 29.0 Å². The molecule has 0 saturated carbocycles. The van der Waals surface area contributed by atoms with Gasteiger partial charge in [-0.2, -0.15) is 0 Å². The van der Waals surface area contributed by atoms with Crippen molar-refractivity contribution in [2.24, 2.45) is 7.05 Å². The van der Waals surface area contributed by atoms with E-state index < -0.39 is 6.09 Å². The van der Waals surface area contributed by atoms with E-state index in [-0.39, 0.29) is 47.8 Å². The highest BCUT2D eigenvalue weighted by Gasteiger charge is 2.26. The van der Waals surface area contributed by atoms with Crippen LogP contribution in [0.5, 0.6) is 5.88 Å². The summed E-state index contributed by atoms with van der Waals surface area (Å²) in [5, 5.41) is 17.6. The van der Waals surface area contributed by atoms with Crippen molar-refractivity contribution in [3.8, 4) is 39.4 Å². The number of fused-ring (bicyclic) bond motifs is 1. The van der Waals surface area contributed by atoms with Gasteiger partial charge in [0.2, 0.25) is 11.8 Å². The van der Waals surface area contributed by atoms with Gasteiger partial charge in [0, 0.05) is 65.6 Å². The monoisotopic (exact) mass is 674 g/mol. The molecule has 0 spiro atoms. The second kappa shape index (κ2) is 12.9. The zero-order valence-electron chi connectivity index (χ0n) is 25.2. The molecule has 4 heterocycles. The van der Waals surface area contributed by atoms with E-state index in [0.717, 1.165) is 0 Å². The Morgan fingerprint density at radius 3 is 2.40 bits per heavy atom. The lowest BCUT2D eigenvalue weighted by Crippen LogP contribution is -2.41. The molecule has 2 amide bonds. The van der Waals surface area contributed by atoms with Crippen molar-refractivity contribution in [1.82, 2.24) is 29.4 Å². The molecule has 2 aromatic carbocycles. The van der Waals surface area contributed by atoms with Crippen molar-refractivity contribution >= 4 is 47.0 Å². The van der Waals surface area contributed by atoms with Gasteiger partial charge in [-0.25, -0.2) is 14.3 Å². The first-order valence-corrected chi connectivity index (χ1v) is 15.3. The van der Waals surface area contributed by atoms with E-state index in [2.05, 4.69) is 15.4 Å². The van der Waals surface area contributed by atoms with Crippen molar-refractivity contribution in [3.05, 3.63) is 92.6 Å². The SMILES string of the molecule is COc1nc(-c2cccc(-c3cccc(-c4cc5c(=O)n(C)c(C=O)nn5c4)c3Cl)c2Cl)ccc1CN(CC1CCC(=O)N1)C(=O)O. The van der Waals surface area contributed by atoms with E-state index in [1.165, 1.54) is 28.1 Å². The predicted octanol–water partition coefficient (Wildman–Crippen LogP) is 5.32. The minimum atomic E-state index is -1.12. The minimum Gasteiger partial charge on any atom is -0.481 e. The second-order valence-corrected chi connectivity index (χ2v) is 11.8. The Morgan fingerprint density at radius 1 is 1.09 bits per heavy atom. The van der Waals surface area contributed by atoms with Gasteiger partial charge in [0.15, 0.2) is 12.1 Å². The van der Waals surface area contributed by atoms with Gasteiger partial charge in [-0.15, -0.1) is 5.10 Å².